The smallest absolute Gasteiger partial charge is 0.184 e. The van der Waals surface area contributed by atoms with E-state index in [4.69, 9.17) is 0 Å². The lowest BCUT2D eigenvalue weighted by Crippen LogP contribution is -2.05. The number of nitrogens with zero attached hydrogens (tertiary/aromatic N) is 2. The molecule has 3 nitrogen and oxygen atoms in total. The molecule has 0 fully saturated rings. The van der Waals surface area contributed by atoms with Crippen LogP contribution in [0.15, 0.2) is 48.8 Å². The van der Waals surface area contributed by atoms with Gasteiger partial charge in [-0.3, -0.25) is 4.98 Å². The van der Waals surface area contributed by atoms with Crippen LogP contribution in [0.1, 0.15) is 18.5 Å². The summed E-state index contributed by atoms with van der Waals surface area (Å²) in [5.41, 5.74) is 2.21. The Morgan fingerprint density at radius 2 is 2.00 bits per heavy atom. The topological polar surface area (TPSA) is 37.8 Å². The number of rotatable bonds is 3. The lowest BCUT2D eigenvalue weighted by molar-refractivity contribution is 0.882. The Morgan fingerprint density at radius 1 is 1.17 bits per heavy atom. The molecule has 2 heterocycles. The van der Waals surface area contributed by atoms with Crippen molar-refractivity contribution in [3.05, 3.63) is 54.4 Å². The van der Waals surface area contributed by atoms with Gasteiger partial charge in [-0.15, -0.1) is 0 Å². The van der Waals surface area contributed by atoms with E-state index >= 15 is 0 Å². The Hall–Kier alpha value is -1.94. The molecular weight excluding hydrogens is 242 g/mol. The maximum Gasteiger partial charge on any atom is 0.184 e. The van der Waals surface area contributed by atoms with Gasteiger partial charge in [-0.05, 0) is 18.6 Å². The lowest BCUT2D eigenvalue weighted by atomic mass is 10.1. The zero-order valence-electron chi connectivity index (χ0n) is 10.00. The number of hydrogen-bond donors (Lipinski definition) is 1. The van der Waals surface area contributed by atoms with E-state index in [0.717, 1.165) is 15.3 Å². The van der Waals surface area contributed by atoms with Crippen molar-refractivity contribution in [2.75, 3.05) is 5.32 Å². The predicted octanol–water partition coefficient (Wildman–Crippen LogP) is 3.86. The van der Waals surface area contributed by atoms with Crippen LogP contribution in [0.5, 0.6) is 0 Å². The van der Waals surface area contributed by atoms with E-state index in [2.05, 4.69) is 46.5 Å². The highest BCUT2D eigenvalue weighted by Crippen LogP contribution is 2.27. The zero-order valence-corrected chi connectivity index (χ0v) is 10.8. The highest BCUT2D eigenvalue weighted by molar-refractivity contribution is 7.22. The minimum absolute atomic E-state index is 0.250. The monoisotopic (exact) mass is 255 g/mol. The highest BCUT2D eigenvalue weighted by atomic mass is 32.1. The molecule has 1 N–H and O–H groups in total. The lowest BCUT2D eigenvalue weighted by Gasteiger charge is -2.12. The quantitative estimate of drug-likeness (QED) is 0.772. The Balaban J connectivity index is 1.84. The van der Waals surface area contributed by atoms with Crippen molar-refractivity contribution in [1.29, 1.82) is 0 Å². The third-order valence-electron chi connectivity index (χ3n) is 2.83. The molecule has 90 valence electrons. The van der Waals surface area contributed by atoms with Crippen LogP contribution in [-0.4, -0.2) is 9.97 Å². The first-order chi connectivity index (χ1) is 8.83. The molecule has 0 spiro atoms. The molecular formula is C14H13N3S. The molecule has 0 saturated heterocycles. The molecule has 2 aromatic heterocycles. The third-order valence-corrected chi connectivity index (χ3v) is 3.80. The van der Waals surface area contributed by atoms with Crippen molar-refractivity contribution in [2.24, 2.45) is 0 Å². The number of benzene rings is 1. The second-order valence-electron chi connectivity index (χ2n) is 4.14. The van der Waals surface area contributed by atoms with Gasteiger partial charge in [-0.25, -0.2) is 4.98 Å². The number of aromatic nitrogens is 2. The molecule has 1 unspecified atom stereocenters. The van der Waals surface area contributed by atoms with E-state index in [0.29, 0.717) is 0 Å². The highest BCUT2D eigenvalue weighted by Gasteiger charge is 2.08. The van der Waals surface area contributed by atoms with E-state index < -0.39 is 0 Å². The summed E-state index contributed by atoms with van der Waals surface area (Å²) < 4.78 is 1.16. The molecule has 4 heteroatoms. The van der Waals surface area contributed by atoms with Gasteiger partial charge in [0.15, 0.2) is 5.13 Å². The Bertz CT molecular complexity index is 615. The van der Waals surface area contributed by atoms with Gasteiger partial charge in [0, 0.05) is 6.20 Å². The average molecular weight is 255 g/mol. The standard InChI is InChI=1S/C14H13N3S/c1-10(11-5-3-2-4-6-11)16-14-17-12-9-15-8-7-13(12)18-14/h2-10H,1H3,(H,16,17). The van der Waals surface area contributed by atoms with Crippen LogP contribution in [0.2, 0.25) is 0 Å². The summed E-state index contributed by atoms with van der Waals surface area (Å²) in [5.74, 6) is 0. The third kappa shape index (κ3) is 2.19. The molecule has 3 aromatic rings. The summed E-state index contributed by atoms with van der Waals surface area (Å²) in [6, 6.07) is 12.6. The van der Waals surface area contributed by atoms with E-state index in [1.807, 2.05) is 12.1 Å². The minimum atomic E-state index is 0.250. The van der Waals surface area contributed by atoms with Crippen LogP contribution in [0.25, 0.3) is 10.2 Å². The first-order valence-electron chi connectivity index (χ1n) is 5.85. The van der Waals surface area contributed by atoms with Gasteiger partial charge in [0.05, 0.1) is 16.9 Å². The maximum atomic E-state index is 4.52. The van der Waals surface area contributed by atoms with E-state index in [1.54, 1.807) is 23.7 Å². The fourth-order valence-electron chi connectivity index (χ4n) is 1.85. The van der Waals surface area contributed by atoms with Gasteiger partial charge >= 0.3 is 0 Å². The fourth-order valence-corrected chi connectivity index (χ4v) is 2.77. The van der Waals surface area contributed by atoms with Crippen molar-refractivity contribution in [3.63, 3.8) is 0 Å². The molecule has 3 rings (SSSR count). The Labute approximate surface area is 110 Å². The maximum absolute atomic E-state index is 4.52. The molecule has 1 atom stereocenters. The van der Waals surface area contributed by atoms with Gasteiger partial charge in [-0.1, -0.05) is 41.7 Å². The van der Waals surface area contributed by atoms with Crippen LogP contribution in [0.3, 0.4) is 0 Å². The molecule has 0 amide bonds. The second kappa shape index (κ2) is 4.74. The Kier molecular flexibility index (Phi) is 2.94. The predicted molar refractivity (Wildman–Crippen MR) is 75.9 cm³/mol. The number of pyridine rings is 1. The zero-order chi connectivity index (χ0) is 12.4. The molecule has 0 aliphatic heterocycles. The number of nitrogens with one attached hydrogen (secondary N) is 1. The van der Waals surface area contributed by atoms with Crippen molar-refractivity contribution in [1.82, 2.24) is 9.97 Å². The molecule has 0 saturated carbocycles. The SMILES string of the molecule is CC(Nc1nc2cnccc2s1)c1ccccc1. The minimum Gasteiger partial charge on any atom is -0.355 e. The normalized spacial score (nSPS) is 12.5. The van der Waals surface area contributed by atoms with Crippen molar-refractivity contribution in [3.8, 4) is 0 Å². The fraction of sp³-hybridized carbons (Fsp3) is 0.143. The second-order valence-corrected chi connectivity index (χ2v) is 5.17. The van der Waals surface area contributed by atoms with Crippen LogP contribution < -0.4 is 5.32 Å². The van der Waals surface area contributed by atoms with Crippen LogP contribution >= 0.6 is 11.3 Å². The molecule has 0 aliphatic carbocycles. The van der Waals surface area contributed by atoms with Gasteiger partial charge in [0.1, 0.15) is 5.52 Å². The first-order valence-corrected chi connectivity index (χ1v) is 6.66. The largest absolute Gasteiger partial charge is 0.355 e. The number of thiazole rings is 1. The van der Waals surface area contributed by atoms with Crippen molar-refractivity contribution in [2.45, 2.75) is 13.0 Å². The van der Waals surface area contributed by atoms with E-state index in [1.165, 1.54) is 5.56 Å². The summed E-state index contributed by atoms with van der Waals surface area (Å²) in [6.45, 7) is 2.14. The number of anilines is 1. The average Bonchev–Trinajstić information content (AvgIpc) is 2.82. The van der Waals surface area contributed by atoms with Gasteiger partial charge in [0.25, 0.3) is 0 Å². The molecule has 0 bridgehead atoms. The molecule has 18 heavy (non-hydrogen) atoms. The Morgan fingerprint density at radius 3 is 2.78 bits per heavy atom. The van der Waals surface area contributed by atoms with Crippen molar-refractivity contribution < 1.29 is 0 Å². The van der Waals surface area contributed by atoms with Crippen LogP contribution in [0, 0.1) is 0 Å². The number of fused-ring (bicyclic) bond motifs is 1. The number of hydrogen-bond acceptors (Lipinski definition) is 4. The summed E-state index contributed by atoms with van der Waals surface area (Å²) in [5, 5.41) is 4.37. The van der Waals surface area contributed by atoms with Gasteiger partial charge in [-0.2, -0.15) is 0 Å². The summed E-state index contributed by atoms with van der Waals surface area (Å²) >= 11 is 1.66. The molecule has 0 radical (unpaired) electrons. The summed E-state index contributed by atoms with van der Waals surface area (Å²) in [4.78, 5) is 8.60. The first kappa shape index (κ1) is 11.2. The van der Waals surface area contributed by atoms with Crippen LogP contribution in [-0.2, 0) is 0 Å². The van der Waals surface area contributed by atoms with Gasteiger partial charge in [0.2, 0.25) is 0 Å². The van der Waals surface area contributed by atoms with Crippen molar-refractivity contribution >= 4 is 26.7 Å². The van der Waals surface area contributed by atoms with E-state index in [9.17, 15) is 0 Å². The van der Waals surface area contributed by atoms with Gasteiger partial charge < -0.3 is 5.32 Å². The summed E-state index contributed by atoms with van der Waals surface area (Å²) in [6.07, 6.45) is 3.59. The van der Waals surface area contributed by atoms with E-state index in [-0.39, 0.29) is 6.04 Å². The molecule has 1 aromatic carbocycles. The summed E-state index contributed by atoms with van der Waals surface area (Å²) in [7, 11) is 0. The molecule has 0 aliphatic rings. The van der Waals surface area contributed by atoms with Crippen LogP contribution in [0.4, 0.5) is 5.13 Å².